The van der Waals surface area contributed by atoms with Crippen molar-refractivity contribution < 1.29 is 0 Å². The van der Waals surface area contributed by atoms with Crippen LogP contribution in [0.15, 0.2) is 12.7 Å². The van der Waals surface area contributed by atoms with Crippen molar-refractivity contribution in [3.8, 4) is 0 Å². The molecule has 1 saturated carbocycles. The average Bonchev–Trinajstić information content (AvgIpc) is 2.93. The summed E-state index contributed by atoms with van der Waals surface area (Å²) in [7, 11) is 0. The van der Waals surface area contributed by atoms with Crippen LogP contribution < -0.4 is 5.32 Å². The Morgan fingerprint density at radius 3 is 2.37 bits per heavy atom. The van der Waals surface area contributed by atoms with E-state index in [0.717, 1.165) is 12.5 Å². The SMILES string of the molecule is c1ncnc(NC2(CN3CCCC3)CCCCC2)n1. The van der Waals surface area contributed by atoms with E-state index < -0.39 is 0 Å². The summed E-state index contributed by atoms with van der Waals surface area (Å²) in [6.45, 7) is 3.64. The fraction of sp³-hybridized carbons (Fsp3) is 0.786. The Morgan fingerprint density at radius 2 is 1.68 bits per heavy atom. The van der Waals surface area contributed by atoms with Gasteiger partial charge in [-0.3, -0.25) is 0 Å². The first-order chi connectivity index (χ1) is 9.36. The summed E-state index contributed by atoms with van der Waals surface area (Å²) < 4.78 is 0. The highest BCUT2D eigenvalue weighted by atomic mass is 15.2. The van der Waals surface area contributed by atoms with Gasteiger partial charge in [-0.2, -0.15) is 0 Å². The van der Waals surface area contributed by atoms with Gasteiger partial charge in [0.1, 0.15) is 12.7 Å². The zero-order valence-corrected chi connectivity index (χ0v) is 11.5. The third-order valence-corrected chi connectivity index (χ3v) is 4.41. The smallest absolute Gasteiger partial charge is 0.226 e. The van der Waals surface area contributed by atoms with Crippen molar-refractivity contribution in [1.82, 2.24) is 19.9 Å². The minimum atomic E-state index is 0.171. The molecular formula is C14H23N5. The second kappa shape index (κ2) is 5.82. The van der Waals surface area contributed by atoms with Crippen LogP contribution in [0.5, 0.6) is 0 Å². The van der Waals surface area contributed by atoms with Gasteiger partial charge in [0.25, 0.3) is 0 Å². The van der Waals surface area contributed by atoms with E-state index in [1.165, 1.54) is 58.0 Å². The van der Waals surface area contributed by atoms with E-state index in [1.54, 1.807) is 12.7 Å². The predicted octanol–water partition coefficient (Wildman–Crippen LogP) is 2.08. The maximum absolute atomic E-state index is 4.24. The zero-order chi connectivity index (χ0) is 13.0. The van der Waals surface area contributed by atoms with Gasteiger partial charge in [-0.1, -0.05) is 19.3 Å². The van der Waals surface area contributed by atoms with Crippen LogP contribution in [-0.2, 0) is 0 Å². The third-order valence-electron chi connectivity index (χ3n) is 4.41. The molecule has 2 fully saturated rings. The Bertz CT molecular complexity index is 382. The van der Waals surface area contributed by atoms with Gasteiger partial charge in [-0.05, 0) is 38.8 Å². The molecule has 1 aliphatic carbocycles. The maximum Gasteiger partial charge on any atom is 0.226 e. The number of hydrogen-bond donors (Lipinski definition) is 1. The molecule has 104 valence electrons. The van der Waals surface area contributed by atoms with Crippen LogP contribution in [-0.4, -0.2) is 45.0 Å². The molecule has 0 atom stereocenters. The average molecular weight is 261 g/mol. The van der Waals surface area contributed by atoms with Crippen molar-refractivity contribution in [2.24, 2.45) is 0 Å². The molecule has 0 spiro atoms. The molecule has 2 aliphatic rings. The molecule has 1 saturated heterocycles. The fourth-order valence-corrected chi connectivity index (χ4v) is 3.46. The number of nitrogens with one attached hydrogen (secondary N) is 1. The number of likely N-dealkylation sites (tertiary alicyclic amines) is 1. The largest absolute Gasteiger partial charge is 0.347 e. The highest BCUT2D eigenvalue weighted by Crippen LogP contribution is 2.32. The monoisotopic (exact) mass is 261 g/mol. The third kappa shape index (κ3) is 3.21. The molecule has 0 amide bonds. The van der Waals surface area contributed by atoms with Crippen LogP contribution >= 0.6 is 0 Å². The molecule has 5 nitrogen and oxygen atoms in total. The topological polar surface area (TPSA) is 53.9 Å². The number of hydrogen-bond acceptors (Lipinski definition) is 5. The number of rotatable bonds is 4. The lowest BCUT2D eigenvalue weighted by molar-refractivity contribution is 0.214. The molecule has 0 radical (unpaired) electrons. The summed E-state index contributed by atoms with van der Waals surface area (Å²) >= 11 is 0. The Kier molecular flexibility index (Phi) is 3.92. The van der Waals surface area contributed by atoms with E-state index in [4.69, 9.17) is 0 Å². The summed E-state index contributed by atoms with van der Waals surface area (Å²) in [5, 5.41) is 3.62. The molecule has 1 aromatic heterocycles. The number of anilines is 1. The van der Waals surface area contributed by atoms with Gasteiger partial charge in [0, 0.05) is 6.54 Å². The summed E-state index contributed by atoms with van der Waals surface area (Å²) in [6, 6.07) is 0. The van der Waals surface area contributed by atoms with Gasteiger partial charge >= 0.3 is 0 Å². The van der Waals surface area contributed by atoms with E-state index >= 15 is 0 Å². The molecule has 5 heteroatoms. The van der Waals surface area contributed by atoms with Crippen LogP contribution in [0.3, 0.4) is 0 Å². The van der Waals surface area contributed by atoms with E-state index in [2.05, 4.69) is 25.2 Å². The molecule has 1 N–H and O–H groups in total. The van der Waals surface area contributed by atoms with Crippen molar-refractivity contribution in [2.45, 2.75) is 50.5 Å². The lowest BCUT2D eigenvalue weighted by Gasteiger charge is -2.40. The maximum atomic E-state index is 4.24. The minimum absolute atomic E-state index is 0.171. The van der Waals surface area contributed by atoms with Crippen LogP contribution in [0.2, 0.25) is 0 Å². The normalized spacial score (nSPS) is 23.4. The van der Waals surface area contributed by atoms with Crippen LogP contribution in [0, 0.1) is 0 Å². The molecular weight excluding hydrogens is 238 g/mol. The summed E-state index contributed by atoms with van der Waals surface area (Å²) in [6.07, 6.45) is 12.3. The quantitative estimate of drug-likeness (QED) is 0.899. The Labute approximate surface area is 114 Å². The van der Waals surface area contributed by atoms with Crippen molar-refractivity contribution in [1.29, 1.82) is 0 Å². The van der Waals surface area contributed by atoms with Gasteiger partial charge in [0.05, 0.1) is 5.54 Å². The van der Waals surface area contributed by atoms with E-state index in [-0.39, 0.29) is 5.54 Å². The van der Waals surface area contributed by atoms with Crippen molar-refractivity contribution >= 4 is 5.95 Å². The van der Waals surface area contributed by atoms with Gasteiger partial charge in [-0.25, -0.2) is 15.0 Å². The molecule has 0 unspecified atom stereocenters. The van der Waals surface area contributed by atoms with E-state index in [0.29, 0.717) is 0 Å². The highest BCUT2D eigenvalue weighted by molar-refractivity contribution is 5.28. The molecule has 0 aromatic carbocycles. The molecule has 1 aliphatic heterocycles. The number of nitrogens with zero attached hydrogens (tertiary/aromatic N) is 4. The van der Waals surface area contributed by atoms with Crippen LogP contribution in [0.25, 0.3) is 0 Å². The summed E-state index contributed by atoms with van der Waals surface area (Å²) in [5.41, 5.74) is 0.171. The first-order valence-corrected chi connectivity index (χ1v) is 7.49. The standard InChI is InChI=1S/C14H23N5/c1-2-6-14(7-3-1,10-19-8-4-5-9-19)18-13-16-11-15-12-17-13/h11-12H,1-10H2,(H,15,16,17,18). The Morgan fingerprint density at radius 1 is 1.00 bits per heavy atom. The number of aromatic nitrogens is 3. The molecule has 19 heavy (non-hydrogen) atoms. The summed E-state index contributed by atoms with van der Waals surface area (Å²) in [5.74, 6) is 0.732. The Hall–Kier alpha value is -1.23. The highest BCUT2D eigenvalue weighted by Gasteiger charge is 2.35. The van der Waals surface area contributed by atoms with E-state index in [9.17, 15) is 0 Å². The lowest BCUT2D eigenvalue weighted by atomic mass is 9.81. The molecule has 3 rings (SSSR count). The minimum Gasteiger partial charge on any atom is -0.347 e. The molecule has 1 aromatic rings. The van der Waals surface area contributed by atoms with Crippen molar-refractivity contribution in [3.63, 3.8) is 0 Å². The van der Waals surface area contributed by atoms with Gasteiger partial charge < -0.3 is 10.2 Å². The van der Waals surface area contributed by atoms with E-state index in [1.807, 2.05) is 0 Å². The summed E-state index contributed by atoms with van der Waals surface area (Å²) in [4.78, 5) is 15.0. The van der Waals surface area contributed by atoms with Crippen LogP contribution in [0.4, 0.5) is 5.95 Å². The van der Waals surface area contributed by atoms with Crippen molar-refractivity contribution in [3.05, 3.63) is 12.7 Å². The van der Waals surface area contributed by atoms with Crippen LogP contribution in [0.1, 0.15) is 44.9 Å². The fourth-order valence-electron chi connectivity index (χ4n) is 3.46. The van der Waals surface area contributed by atoms with Gasteiger partial charge in [-0.15, -0.1) is 0 Å². The van der Waals surface area contributed by atoms with Crippen molar-refractivity contribution in [2.75, 3.05) is 25.0 Å². The molecule has 2 heterocycles. The lowest BCUT2D eigenvalue weighted by Crippen LogP contribution is -2.49. The zero-order valence-electron chi connectivity index (χ0n) is 11.5. The van der Waals surface area contributed by atoms with Gasteiger partial charge in [0.15, 0.2) is 0 Å². The first kappa shape index (κ1) is 12.8. The molecule has 0 bridgehead atoms. The second-order valence-corrected chi connectivity index (χ2v) is 5.91. The van der Waals surface area contributed by atoms with Gasteiger partial charge in [0.2, 0.25) is 5.95 Å². The Balaban J connectivity index is 1.71. The first-order valence-electron chi connectivity index (χ1n) is 7.49. The predicted molar refractivity (Wildman–Crippen MR) is 74.9 cm³/mol. The second-order valence-electron chi connectivity index (χ2n) is 5.91.